The third-order valence-corrected chi connectivity index (χ3v) is 6.25. The van der Waals surface area contributed by atoms with Crippen LogP contribution in [0.3, 0.4) is 0 Å². The van der Waals surface area contributed by atoms with Gasteiger partial charge in [0.25, 0.3) is 5.91 Å². The van der Waals surface area contributed by atoms with Crippen molar-refractivity contribution in [2.45, 2.75) is 25.5 Å². The Balaban J connectivity index is 1.40. The summed E-state index contributed by atoms with van der Waals surface area (Å²) in [5.74, 6) is 0.0699. The zero-order valence-electron chi connectivity index (χ0n) is 19.3. The number of aromatic nitrogens is 3. The minimum Gasteiger partial charge on any atom is -0.325 e. The Morgan fingerprint density at radius 1 is 0.914 bits per heavy atom. The van der Waals surface area contributed by atoms with Crippen molar-refractivity contribution in [2.75, 3.05) is 16.4 Å². The standard InChI is InChI=1S/C26H24FN5O2S/c1-3-32-24(30-31-26(32)35-16-23(33)28-20-14-10-19(27)11-15-20)18-8-12-21(13-9-18)29-25(34)22-7-5-4-6-17(22)2/h4-15H,3,16H2,1-2H3,(H,28,33)(H,29,34). The highest BCUT2D eigenvalue weighted by molar-refractivity contribution is 7.99. The predicted molar refractivity (Wildman–Crippen MR) is 136 cm³/mol. The predicted octanol–water partition coefficient (Wildman–Crippen LogP) is 5.40. The maximum atomic E-state index is 13.0. The molecule has 0 aliphatic heterocycles. The number of rotatable bonds is 8. The number of amides is 2. The topological polar surface area (TPSA) is 88.9 Å². The quantitative estimate of drug-likeness (QED) is 0.324. The molecule has 9 heteroatoms. The number of carbonyl (C=O) groups excluding carboxylic acids is 2. The molecule has 2 N–H and O–H groups in total. The molecular formula is C26H24FN5O2S. The highest BCUT2D eigenvalue weighted by Gasteiger charge is 2.15. The van der Waals surface area contributed by atoms with Gasteiger partial charge < -0.3 is 15.2 Å². The molecule has 0 spiro atoms. The van der Waals surface area contributed by atoms with Gasteiger partial charge in [-0.25, -0.2) is 4.39 Å². The summed E-state index contributed by atoms with van der Waals surface area (Å²) in [7, 11) is 0. The van der Waals surface area contributed by atoms with Crippen LogP contribution >= 0.6 is 11.8 Å². The monoisotopic (exact) mass is 489 g/mol. The van der Waals surface area contributed by atoms with Gasteiger partial charge in [-0.2, -0.15) is 0 Å². The SMILES string of the molecule is CCn1c(SCC(=O)Nc2ccc(F)cc2)nnc1-c1ccc(NC(=O)c2ccccc2C)cc1. The first-order valence-corrected chi connectivity index (χ1v) is 12.0. The second-order valence-corrected chi connectivity index (χ2v) is 8.68. The number of nitrogens with one attached hydrogen (secondary N) is 2. The number of anilines is 2. The van der Waals surface area contributed by atoms with E-state index in [4.69, 9.17) is 0 Å². The van der Waals surface area contributed by atoms with Gasteiger partial charge in [-0.3, -0.25) is 9.59 Å². The smallest absolute Gasteiger partial charge is 0.255 e. The lowest BCUT2D eigenvalue weighted by Crippen LogP contribution is -2.14. The summed E-state index contributed by atoms with van der Waals surface area (Å²) in [5, 5.41) is 14.8. The summed E-state index contributed by atoms with van der Waals surface area (Å²) in [6, 6.07) is 20.4. The maximum Gasteiger partial charge on any atom is 0.255 e. The van der Waals surface area contributed by atoms with Crippen LogP contribution in [-0.2, 0) is 11.3 Å². The van der Waals surface area contributed by atoms with Crippen LogP contribution in [0.2, 0.25) is 0 Å². The Morgan fingerprint density at radius 2 is 1.57 bits per heavy atom. The fraction of sp³-hybridized carbons (Fsp3) is 0.154. The molecule has 7 nitrogen and oxygen atoms in total. The summed E-state index contributed by atoms with van der Waals surface area (Å²) in [4.78, 5) is 24.8. The van der Waals surface area contributed by atoms with E-state index in [1.165, 1.54) is 36.0 Å². The van der Waals surface area contributed by atoms with Crippen molar-refractivity contribution in [1.29, 1.82) is 0 Å². The van der Waals surface area contributed by atoms with Crippen LogP contribution in [0.5, 0.6) is 0 Å². The lowest BCUT2D eigenvalue weighted by molar-refractivity contribution is -0.113. The van der Waals surface area contributed by atoms with Gasteiger partial charge in [-0.15, -0.1) is 10.2 Å². The van der Waals surface area contributed by atoms with E-state index in [1.807, 2.05) is 60.9 Å². The second-order valence-electron chi connectivity index (χ2n) is 7.74. The van der Waals surface area contributed by atoms with Crippen LogP contribution in [0, 0.1) is 12.7 Å². The second kappa shape index (κ2) is 11.0. The first-order chi connectivity index (χ1) is 16.9. The molecule has 4 aromatic rings. The molecule has 0 fully saturated rings. The largest absolute Gasteiger partial charge is 0.325 e. The lowest BCUT2D eigenvalue weighted by atomic mass is 10.1. The summed E-state index contributed by atoms with van der Waals surface area (Å²) in [6.45, 7) is 4.50. The Labute approximate surface area is 206 Å². The number of hydrogen-bond donors (Lipinski definition) is 2. The molecule has 0 aliphatic rings. The zero-order chi connectivity index (χ0) is 24.8. The summed E-state index contributed by atoms with van der Waals surface area (Å²) in [6.07, 6.45) is 0. The Bertz CT molecular complexity index is 1340. The van der Waals surface area contributed by atoms with Gasteiger partial charge >= 0.3 is 0 Å². The molecule has 0 saturated heterocycles. The highest BCUT2D eigenvalue weighted by Crippen LogP contribution is 2.25. The van der Waals surface area contributed by atoms with Crippen molar-refractivity contribution in [3.8, 4) is 11.4 Å². The average Bonchev–Trinajstić information content (AvgIpc) is 3.28. The number of thioether (sulfide) groups is 1. The van der Waals surface area contributed by atoms with Gasteiger partial charge in [0.1, 0.15) is 5.82 Å². The van der Waals surface area contributed by atoms with Crippen LogP contribution in [-0.4, -0.2) is 32.3 Å². The van der Waals surface area contributed by atoms with E-state index in [0.29, 0.717) is 34.5 Å². The van der Waals surface area contributed by atoms with Crippen LogP contribution in [0.4, 0.5) is 15.8 Å². The zero-order valence-corrected chi connectivity index (χ0v) is 20.1. The third kappa shape index (κ3) is 5.93. The number of nitrogens with zero attached hydrogens (tertiary/aromatic N) is 3. The first-order valence-electron chi connectivity index (χ1n) is 11.0. The molecule has 3 aromatic carbocycles. The average molecular weight is 490 g/mol. The third-order valence-electron chi connectivity index (χ3n) is 5.28. The lowest BCUT2D eigenvalue weighted by Gasteiger charge is -2.10. The van der Waals surface area contributed by atoms with E-state index in [9.17, 15) is 14.0 Å². The molecule has 0 radical (unpaired) electrons. The van der Waals surface area contributed by atoms with Crippen LogP contribution in [0.25, 0.3) is 11.4 Å². The molecule has 0 saturated carbocycles. The molecule has 178 valence electrons. The highest BCUT2D eigenvalue weighted by atomic mass is 32.2. The van der Waals surface area contributed by atoms with Gasteiger partial charge in [-0.05, 0) is 74.0 Å². The molecule has 0 aliphatic carbocycles. The van der Waals surface area contributed by atoms with Crippen molar-refractivity contribution in [3.63, 3.8) is 0 Å². The summed E-state index contributed by atoms with van der Waals surface area (Å²) < 4.78 is 15.0. The normalized spacial score (nSPS) is 10.7. The summed E-state index contributed by atoms with van der Waals surface area (Å²) in [5.41, 5.74) is 3.60. The molecular weight excluding hydrogens is 465 g/mol. The van der Waals surface area contributed by atoms with Crippen molar-refractivity contribution in [3.05, 3.63) is 89.7 Å². The van der Waals surface area contributed by atoms with E-state index < -0.39 is 0 Å². The number of carbonyl (C=O) groups is 2. The van der Waals surface area contributed by atoms with Crippen LogP contribution in [0.15, 0.2) is 78.0 Å². The molecule has 4 rings (SSSR count). The number of benzene rings is 3. The van der Waals surface area contributed by atoms with E-state index >= 15 is 0 Å². The first kappa shape index (κ1) is 24.2. The molecule has 0 bridgehead atoms. The van der Waals surface area contributed by atoms with Crippen molar-refractivity contribution in [2.24, 2.45) is 0 Å². The fourth-order valence-electron chi connectivity index (χ4n) is 3.48. The van der Waals surface area contributed by atoms with Crippen molar-refractivity contribution in [1.82, 2.24) is 14.8 Å². The van der Waals surface area contributed by atoms with E-state index in [0.717, 1.165) is 11.1 Å². The van der Waals surface area contributed by atoms with E-state index in [2.05, 4.69) is 20.8 Å². The summed E-state index contributed by atoms with van der Waals surface area (Å²) >= 11 is 1.27. The molecule has 0 unspecified atom stereocenters. The van der Waals surface area contributed by atoms with Gasteiger partial charge in [0.05, 0.1) is 5.75 Å². The molecule has 0 atom stereocenters. The Morgan fingerprint density at radius 3 is 2.26 bits per heavy atom. The Kier molecular flexibility index (Phi) is 7.57. The minimum atomic E-state index is -0.359. The van der Waals surface area contributed by atoms with Crippen LogP contribution in [0.1, 0.15) is 22.8 Å². The van der Waals surface area contributed by atoms with E-state index in [1.54, 1.807) is 6.07 Å². The van der Waals surface area contributed by atoms with Gasteiger partial charge in [0.2, 0.25) is 5.91 Å². The molecule has 1 heterocycles. The van der Waals surface area contributed by atoms with Crippen LogP contribution < -0.4 is 10.6 Å². The number of hydrogen-bond acceptors (Lipinski definition) is 5. The number of aryl methyl sites for hydroxylation is 1. The molecule has 2 amide bonds. The van der Waals surface area contributed by atoms with Gasteiger partial charge in [0.15, 0.2) is 11.0 Å². The Hall–Kier alpha value is -3.98. The maximum absolute atomic E-state index is 13.0. The van der Waals surface area contributed by atoms with Gasteiger partial charge in [0, 0.05) is 29.0 Å². The van der Waals surface area contributed by atoms with Gasteiger partial charge in [-0.1, -0.05) is 30.0 Å². The molecule has 1 aromatic heterocycles. The van der Waals surface area contributed by atoms with Crippen molar-refractivity contribution >= 4 is 35.0 Å². The minimum absolute atomic E-state index is 0.138. The number of halogens is 1. The molecule has 35 heavy (non-hydrogen) atoms. The van der Waals surface area contributed by atoms with E-state index in [-0.39, 0.29) is 23.4 Å². The van der Waals surface area contributed by atoms with Crippen molar-refractivity contribution < 1.29 is 14.0 Å². The fourth-order valence-corrected chi connectivity index (χ4v) is 4.29.